The van der Waals surface area contributed by atoms with E-state index >= 15 is 0 Å². The first-order valence-corrected chi connectivity index (χ1v) is 10.6. The minimum Gasteiger partial charge on any atom is -0.490 e. The van der Waals surface area contributed by atoms with Crippen LogP contribution in [0.4, 0.5) is 10.1 Å². The summed E-state index contributed by atoms with van der Waals surface area (Å²) in [6.07, 6.45) is 3.07. The van der Waals surface area contributed by atoms with E-state index < -0.39 is 10.7 Å². The average Bonchev–Trinajstić information content (AvgIpc) is 2.80. The highest BCUT2D eigenvalue weighted by Gasteiger charge is 2.15. The number of methoxy groups -OCH3 is 1. The molecule has 32 heavy (non-hydrogen) atoms. The molecule has 0 fully saturated rings. The Labute approximate surface area is 187 Å². The fourth-order valence-electron chi connectivity index (χ4n) is 2.75. The number of pyridine rings is 1. The van der Waals surface area contributed by atoms with E-state index in [2.05, 4.69) is 10.3 Å². The van der Waals surface area contributed by atoms with Gasteiger partial charge in [0.1, 0.15) is 5.75 Å². The Morgan fingerprint density at radius 2 is 1.97 bits per heavy atom. The van der Waals surface area contributed by atoms with Crippen LogP contribution < -0.4 is 14.8 Å². The number of aromatic nitrogens is 1. The maximum atomic E-state index is 14.3. The van der Waals surface area contributed by atoms with Gasteiger partial charge in [0.2, 0.25) is 5.91 Å². The Balaban J connectivity index is 1.46. The minimum absolute atomic E-state index is 0.0669. The molecule has 0 saturated carbocycles. The molecule has 8 nitrogen and oxygen atoms in total. The van der Waals surface area contributed by atoms with E-state index in [4.69, 9.17) is 9.47 Å². The molecule has 2 aromatic carbocycles. The van der Waals surface area contributed by atoms with Crippen LogP contribution in [-0.2, 0) is 17.1 Å². The fourth-order valence-corrected chi connectivity index (χ4v) is 3.56. The highest BCUT2D eigenvalue weighted by atomic mass is 32.2. The normalized spacial score (nSPS) is 10.4. The van der Waals surface area contributed by atoms with E-state index in [1.54, 1.807) is 30.5 Å². The number of thioether (sulfide) groups is 1. The number of halogens is 1. The van der Waals surface area contributed by atoms with Crippen molar-refractivity contribution in [3.63, 3.8) is 0 Å². The summed E-state index contributed by atoms with van der Waals surface area (Å²) < 4.78 is 24.7. The van der Waals surface area contributed by atoms with Gasteiger partial charge in [-0.25, -0.2) is 4.39 Å². The molecule has 0 radical (unpaired) electrons. The number of nitro groups is 1. The molecule has 3 rings (SSSR count). The van der Waals surface area contributed by atoms with Gasteiger partial charge >= 0.3 is 5.69 Å². The van der Waals surface area contributed by atoms with E-state index in [0.717, 1.165) is 0 Å². The van der Waals surface area contributed by atoms with Crippen LogP contribution in [0.25, 0.3) is 0 Å². The molecular weight excluding hydrogens is 437 g/mol. The van der Waals surface area contributed by atoms with E-state index in [9.17, 15) is 19.3 Å². The van der Waals surface area contributed by atoms with Crippen molar-refractivity contribution in [1.82, 2.24) is 10.3 Å². The maximum Gasteiger partial charge on any atom is 0.311 e. The molecule has 0 atom stereocenters. The molecule has 1 N–H and O–H groups in total. The Morgan fingerprint density at radius 3 is 2.66 bits per heavy atom. The predicted molar refractivity (Wildman–Crippen MR) is 118 cm³/mol. The Kier molecular flexibility index (Phi) is 7.98. The van der Waals surface area contributed by atoms with Crippen molar-refractivity contribution in [2.45, 2.75) is 12.3 Å². The lowest BCUT2D eigenvalue weighted by molar-refractivity contribution is -0.385. The first-order chi connectivity index (χ1) is 15.5. The van der Waals surface area contributed by atoms with Crippen LogP contribution >= 0.6 is 11.8 Å². The van der Waals surface area contributed by atoms with E-state index in [1.807, 2.05) is 0 Å². The molecule has 0 aliphatic rings. The van der Waals surface area contributed by atoms with Gasteiger partial charge in [0.25, 0.3) is 0 Å². The second kappa shape index (κ2) is 11.1. The molecule has 1 amide bonds. The second-order valence-corrected chi connectivity index (χ2v) is 7.57. The molecule has 10 heteroatoms. The lowest BCUT2D eigenvalue weighted by Gasteiger charge is -2.09. The van der Waals surface area contributed by atoms with Crippen molar-refractivity contribution in [2.75, 3.05) is 12.9 Å². The lowest BCUT2D eigenvalue weighted by Crippen LogP contribution is -2.24. The second-order valence-electron chi connectivity index (χ2n) is 6.59. The van der Waals surface area contributed by atoms with Crippen LogP contribution in [0.1, 0.15) is 11.1 Å². The molecule has 1 heterocycles. The standard InChI is InChI=1S/C22H20FN3O5S/c1-30-21-7-5-16(10-19(21)26(28)29)13-32-14-22(27)25-11-15-4-6-20(18(23)9-15)31-17-3-2-8-24-12-17/h2-10,12H,11,13-14H2,1H3,(H,25,27). The molecule has 0 aliphatic heterocycles. The number of rotatable bonds is 10. The van der Waals surface area contributed by atoms with Gasteiger partial charge in [-0.15, -0.1) is 11.8 Å². The number of carbonyl (C=O) groups excluding carboxylic acids is 1. The van der Waals surface area contributed by atoms with Crippen LogP contribution in [0.15, 0.2) is 60.9 Å². The van der Waals surface area contributed by atoms with Crippen molar-refractivity contribution in [1.29, 1.82) is 0 Å². The van der Waals surface area contributed by atoms with Crippen molar-refractivity contribution in [2.24, 2.45) is 0 Å². The third kappa shape index (κ3) is 6.42. The Hall–Kier alpha value is -3.66. The maximum absolute atomic E-state index is 14.3. The summed E-state index contributed by atoms with van der Waals surface area (Å²) in [5.41, 5.74) is 1.18. The summed E-state index contributed by atoms with van der Waals surface area (Å²) in [6.45, 7) is 0.164. The summed E-state index contributed by atoms with van der Waals surface area (Å²) in [4.78, 5) is 26.6. The van der Waals surface area contributed by atoms with E-state index in [-0.39, 0.29) is 35.4 Å². The Morgan fingerprint density at radius 1 is 1.19 bits per heavy atom. The van der Waals surface area contributed by atoms with E-state index in [1.165, 1.54) is 49.3 Å². The summed E-state index contributed by atoms with van der Waals surface area (Å²) in [7, 11) is 1.37. The van der Waals surface area contributed by atoms with Gasteiger partial charge < -0.3 is 14.8 Å². The zero-order valence-electron chi connectivity index (χ0n) is 17.1. The van der Waals surface area contributed by atoms with Gasteiger partial charge in [0, 0.05) is 24.6 Å². The summed E-state index contributed by atoms with van der Waals surface area (Å²) >= 11 is 1.31. The molecular formula is C22H20FN3O5S. The number of hydrogen-bond acceptors (Lipinski definition) is 7. The number of ether oxygens (including phenoxy) is 2. The first kappa shape index (κ1) is 23.0. The third-order valence-electron chi connectivity index (χ3n) is 4.29. The van der Waals surface area contributed by atoms with E-state index in [0.29, 0.717) is 22.6 Å². The summed E-state index contributed by atoms with van der Waals surface area (Å²) in [5, 5.41) is 13.8. The van der Waals surface area contributed by atoms with Crippen LogP contribution in [0.2, 0.25) is 0 Å². The fraction of sp³-hybridized carbons (Fsp3) is 0.182. The number of nitrogens with one attached hydrogen (secondary N) is 1. The van der Waals surface area contributed by atoms with Gasteiger partial charge in [-0.1, -0.05) is 12.1 Å². The summed E-state index contributed by atoms with van der Waals surface area (Å²) in [6, 6.07) is 12.5. The quantitative estimate of drug-likeness (QED) is 0.354. The number of nitro benzene ring substituents is 1. The van der Waals surface area contributed by atoms with Crippen molar-refractivity contribution < 1.29 is 23.6 Å². The molecule has 166 valence electrons. The topological polar surface area (TPSA) is 104 Å². The first-order valence-electron chi connectivity index (χ1n) is 9.48. The van der Waals surface area contributed by atoms with Crippen LogP contribution in [0, 0.1) is 15.9 Å². The zero-order valence-corrected chi connectivity index (χ0v) is 17.9. The van der Waals surface area contributed by atoms with Crippen molar-refractivity contribution >= 4 is 23.4 Å². The highest BCUT2D eigenvalue weighted by molar-refractivity contribution is 7.99. The van der Waals surface area contributed by atoms with Crippen molar-refractivity contribution in [3.05, 3.63) is 88.0 Å². The number of amides is 1. The number of carbonyl (C=O) groups is 1. The highest BCUT2D eigenvalue weighted by Crippen LogP contribution is 2.29. The van der Waals surface area contributed by atoms with Crippen LogP contribution in [0.3, 0.4) is 0 Å². The van der Waals surface area contributed by atoms with Gasteiger partial charge in [0.15, 0.2) is 17.3 Å². The Bertz CT molecular complexity index is 1100. The zero-order chi connectivity index (χ0) is 22.9. The number of hydrogen-bond donors (Lipinski definition) is 1. The monoisotopic (exact) mass is 457 g/mol. The smallest absolute Gasteiger partial charge is 0.311 e. The summed E-state index contributed by atoms with van der Waals surface area (Å²) in [5.74, 6) is 0.484. The van der Waals surface area contributed by atoms with Gasteiger partial charge in [0.05, 0.1) is 24.0 Å². The lowest BCUT2D eigenvalue weighted by atomic mass is 10.2. The average molecular weight is 457 g/mol. The largest absolute Gasteiger partial charge is 0.490 e. The molecule has 0 spiro atoms. The van der Waals surface area contributed by atoms with Gasteiger partial charge in [-0.2, -0.15) is 0 Å². The molecule has 0 aliphatic carbocycles. The van der Waals surface area contributed by atoms with Gasteiger partial charge in [-0.05, 0) is 41.5 Å². The number of benzene rings is 2. The molecule has 0 saturated heterocycles. The van der Waals surface area contributed by atoms with Gasteiger partial charge in [-0.3, -0.25) is 19.9 Å². The molecule has 0 bridgehead atoms. The van der Waals surface area contributed by atoms with Crippen LogP contribution in [0.5, 0.6) is 17.2 Å². The molecule has 3 aromatic rings. The molecule has 1 aromatic heterocycles. The minimum atomic E-state index is -0.545. The predicted octanol–water partition coefficient (Wildman–Crippen LogP) is 4.48. The number of nitrogens with zero attached hydrogens (tertiary/aromatic N) is 2. The third-order valence-corrected chi connectivity index (χ3v) is 5.29. The van der Waals surface area contributed by atoms with Crippen LogP contribution in [-0.4, -0.2) is 28.7 Å². The molecule has 0 unspecified atom stereocenters. The van der Waals surface area contributed by atoms with Crippen molar-refractivity contribution in [3.8, 4) is 17.2 Å². The SMILES string of the molecule is COc1ccc(CSCC(=O)NCc2ccc(Oc3cccnc3)c(F)c2)cc1[N+](=O)[O-].